The quantitative estimate of drug-likeness (QED) is 0.291. The number of anilines is 2. The van der Waals surface area contributed by atoms with Crippen LogP contribution in [0.2, 0.25) is 0 Å². The first-order valence-electron chi connectivity index (χ1n) is 15.3. The Morgan fingerprint density at radius 1 is 1.02 bits per heavy atom. The number of hydrogen-bond acceptors (Lipinski definition) is 9. The average Bonchev–Trinajstić information content (AvgIpc) is 3.51. The van der Waals surface area contributed by atoms with Crippen molar-refractivity contribution in [2.24, 2.45) is 11.1 Å². The summed E-state index contributed by atoms with van der Waals surface area (Å²) >= 11 is 0. The lowest BCUT2D eigenvalue weighted by Crippen LogP contribution is -2.44. The molecule has 2 aromatic rings. The van der Waals surface area contributed by atoms with E-state index in [1.54, 1.807) is 21.9 Å². The Kier molecular flexibility index (Phi) is 11.8. The summed E-state index contributed by atoms with van der Waals surface area (Å²) in [4.78, 5) is 36.2. The molecule has 16 heteroatoms. The van der Waals surface area contributed by atoms with E-state index in [0.29, 0.717) is 70.3 Å². The molecular weight excluding hydrogens is 625 g/mol. The first kappa shape index (κ1) is 34.9. The molecule has 0 spiro atoms. The van der Waals surface area contributed by atoms with Gasteiger partial charge in [-0.2, -0.15) is 18.4 Å². The van der Waals surface area contributed by atoms with Gasteiger partial charge in [-0.3, -0.25) is 9.59 Å². The van der Waals surface area contributed by atoms with Crippen LogP contribution < -0.4 is 25.6 Å². The van der Waals surface area contributed by atoms with Gasteiger partial charge >= 0.3 is 6.18 Å². The van der Waals surface area contributed by atoms with Crippen molar-refractivity contribution >= 4 is 33.5 Å². The van der Waals surface area contributed by atoms with Crippen LogP contribution in [0.25, 0.3) is 0 Å². The molecule has 4 rings (SSSR count). The summed E-state index contributed by atoms with van der Waals surface area (Å²) in [5.41, 5.74) is 1.49. The molecule has 1 aromatic heterocycles. The number of alkyl halides is 3. The number of hydrogen-bond donors (Lipinski definition) is 3. The number of carbonyl (C=O) groups is 2. The van der Waals surface area contributed by atoms with Gasteiger partial charge < -0.3 is 20.4 Å². The predicted molar refractivity (Wildman–Crippen MR) is 165 cm³/mol. The zero-order chi connectivity index (χ0) is 33.3. The molecule has 2 amide bonds. The third-order valence-electron chi connectivity index (χ3n) is 8.26. The maximum absolute atomic E-state index is 13.9. The number of benzene rings is 1. The number of nitrogens with zero attached hydrogens (tertiary/aromatic N) is 5. The van der Waals surface area contributed by atoms with Crippen LogP contribution in [0.3, 0.4) is 0 Å². The number of primary sulfonamides is 1. The highest BCUT2D eigenvalue weighted by Gasteiger charge is 2.39. The largest absolute Gasteiger partial charge is 0.451 e. The molecule has 2 saturated heterocycles. The number of piperidine rings is 1. The van der Waals surface area contributed by atoms with E-state index in [4.69, 9.17) is 10.4 Å². The summed E-state index contributed by atoms with van der Waals surface area (Å²) < 4.78 is 63.7. The molecule has 250 valence electrons. The molecule has 46 heavy (non-hydrogen) atoms. The van der Waals surface area contributed by atoms with Crippen LogP contribution in [0, 0.1) is 17.2 Å². The smallest absolute Gasteiger partial charge is 0.356 e. The van der Waals surface area contributed by atoms with E-state index < -0.39 is 28.1 Å². The number of halogens is 3. The number of rotatable bonds is 13. The maximum atomic E-state index is 13.9. The molecule has 2 fully saturated rings. The van der Waals surface area contributed by atoms with E-state index in [2.05, 4.69) is 26.7 Å². The lowest BCUT2D eigenvalue weighted by Gasteiger charge is -2.34. The van der Waals surface area contributed by atoms with Crippen molar-refractivity contribution < 1.29 is 31.2 Å². The molecule has 1 atom stereocenters. The number of nitrogens with one attached hydrogen (secondary N) is 2. The highest BCUT2D eigenvalue weighted by atomic mass is 32.2. The van der Waals surface area contributed by atoms with Gasteiger partial charge in [0, 0.05) is 45.2 Å². The summed E-state index contributed by atoms with van der Waals surface area (Å²) in [6.07, 6.45) is -0.0784. The van der Waals surface area contributed by atoms with Gasteiger partial charge in [-0.25, -0.2) is 23.5 Å². The van der Waals surface area contributed by atoms with Gasteiger partial charge in [0.2, 0.25) is 27.7 Å². The Hall–Kier alpha value is -3.97. The number of nitriles is 1. The topological polar surface area (TPSA) is 174 Å². The van der Waals surface area contributed by atoms with Gasteiger partial charge in [0.05, 0.1) is 17.4 Å². The molecule has 0 saturated carbocycles. The van der Waals surface area contributed by atoms with Gasteiger partial charge in [0.1, 0.15) is 17.7 Å². The van der Waals surface area contributed by atoms with Crippen LogP contribution in [-0.2, 0) is 32.2 Å². The fourth-order valence-corrected chi connectivity index (χ4v) is 6.17. The van der Waals surface area contributed by atoms with Gasteiger partial charge in [-0.05, 0) is 68.6 Å². The molecule has 0 aliphatic carbocycles. The number of sulfonamides is 1. The summed E-state index contributed by atoms with van der Waals surface area (Å²) in [6.45, 7) is 1.66. The van der Waals surface area contributed by atoms with Gasteiger partial charge in [0.25, 0.3) is 0 Å². The minimum atomic E-state index is -4.77. The van der Waals surface area contributed by atoms with Crippen LogP contribution in [-0.4, -0.2) is 74.7 Å². The van der Waals surface area contributed by atoms with E-state index in [-0.39, 0.29) is 48.1 Å². The standard InChI is InChI=1S/C30H39F3N8O4S/c31-30(32,33)29-38-25(40-16-11-21(12-17-40)3-1-5-27(42)36-14-18-46(35,44)45)19-26(39-29)41-15-2-4-24(41)28(43)37-13-10-22-6-8-23(20-34)9-7-22/h6-9,19,21,24H,1-5,10-18H2,(H,36,42)(H,37,43)(H2,35,44,45). The fraction of sp³-hybridized carbons (Fsp3) is 0.567. The first-order valence-corrected chi connectivity index (χ1v) is 17.1. The van der Waals surface area contributed by atoms with Crippen molar-refractivity contribution in [3.8, 4) is 6.07 Å². The van der Waals surface area contributed by atoms with Gasteiger partial charge in [-0.1, -0.05) is 12.1 Å². The second kappa shape index (κ2) is 15.5. The van der Waals surface area contributed by atoms with Crippen molar-refractivity contribution in [3.05, 3.63) is 47.3 Å². The molecule has 4 N–H and O–H groups in total. The molecule has 0 radical (unpaired) electrons. The second-order valence-electron chi connectivity index (χ2n) is 11.6. The van der Waals surface area contributed by atoms with Crippen LogP contribution in [0.1, 0.15) is 61.9 Å². The predicted octanol–water partition coefficient (Wildman–Crippen LogP) is 2.49. The third-order valence-corrected chi connectivity index (χ3v) is 9.03. The number of amides is 2. The van der Waals surface area contributed by atoms with Gasteiger partial charge in [-0.15, -0.1) is 0 Å². The Balaban J connectivity index is 1.33. The van der Waals surface area contributed by atoms with E-state index >= 15 is 0 Å². The SMILES string of the molecule is N#Cc1ccc(CCNC(=O)C2CCCN2c2cc(N3CCC(CCCC(=O)NCCS(N)(=O)=O)CC3)nc(C(F)(F)F)n2)cc1. The van der Waals surface area contributed by atoms with Crippen molar-refractivity contribution in [1.29, 1.82) is 5.26 Å². The molecular formula is C30H39F3N8O4S. The van der Waals surface area contributed by atoms with Crippen molar-refractivity contribution in [2.45, 2.75) is 63.6 Å². The van der Waals surface area contributed by atoms with E-state index in [0.717, 1.165) is 12.0 Å². The monoisotopic (exact) mass is 664 g/mol. The lowest BCUT2D eigenvalue weighted by atomic mass is 9.91. The minimum absolute atomic E-state index is 0.0420. The lowest BCUT2D eigenvalue weighted by molar-refractivity contribution is -0.144. The molecule has 2 aliphatic heterocycles. The maximum Gasteiger partial charge on any atom is 0.451 e. The Labute approximate surface area is 266 Å². The van der Waals surface area contributed by atoms with E-state index in [1.807, 2.05) is 12.1 Å². The van der Waals surface area contributed by atoms with Crippen LogP contribution in [0.4, 0.5) is 24.8 Å². The summed E-state index contributed by atoms with van der Waals surface area (Å²) in [5, 5.41) is 19.3. The molecule has 0 bridgehead atoms. The second-order valence-corrected chi connectivity index (χ2v) is 13.4. The van der Waals surface area contributed by atoms with E-state index in [1.165, 1.54) is 6.07 Å². The van der Waals surface area contributed by atoms with Crippen molar-refractivity contribution in [1.82, 2.24) is 20.6 Å². The summed E-state index contributed by atoms with van der Waals surface area (Å²) in [7, 11) is -3.64. The number of nitrogens with two attached hydrogens (primary N) is 1. The van der Waals surface area contributed by atoms with Crippen molar-refractivity contribution in [3.63, 3.8) is 0 Å². The molecule has 2 aliphatic rings. The zero-order valence-electron chi connectivity index (χ0n) is 25.4. The molecule has 12 nitrogen and oxygen atoms in total. The van der Waals surface area contributed by atoms with Gasteiger partial charge in [0.15, 0.2) is 0 Å². The number of aromatic nitrogens is 2. The fourth-order valence-electron chi connectivity index (χ4n) is 5.79. The molecule has 1 unspecified atom stereocenters. The average molecular weight is 665 g/mol. The normalized spacial score (nSPS) is 17.5. The van der Waals surface area contributed by atoms with E-state index in [9.17, 15) is 31.2 Å². The van der Waals surface area contributed by atoms with Crippen molar-refractivity contribution in [2.75, 3.05) is 48.3 Å². The minimum Gasteiger partial charge on any atom is -0.356 e. The summed E-state index contributed by atoms with van der Waals surface area (Å²) in [6, 6.07) is 9.97. The zero-order valence-corrected chi connectivity index (χ0v) is 26.2. The van der Waals surface area contributed by atoms with Crippen LogP contribution in [0.15, 0.2) is 30.3 Å². The molecule has 1 aromatic carbocycles. The highest BCUT2D eigenvalue weighted by Crippen LogP contribution is 2.34. The first-order chi connectivity index (χ1) is 21.8. The Morgan fingerprint density at radius 2 is 1.72 bits per heavy atom. The van der Waals surface area contributed by atoms with Crippen LogP contribution in [0.5, 0.6) is 0 Å². The summed E-state index contributed by atoms with van der Waals surface area (Å²) in [5.74, 6) is -1.59. The Bertz CT molecular complexity index is 1510. The van der Waals surface area contributed by atoms with Crippen LogP contribution >= 0.6 is 0 Å². The third kappa shape index (κ3) is 10.3. The number of carbonyl (C=O) groups excluding carboxylic acids is 2. The molecule has 3 heterocycles. The Morgan fingerprint density at radius 3 is 2.37 bits per heavy atom. The highest BCUT2D eigenvalue weighted by molar-refractivity contribution is 7.89.